The van der Waals surface area contributed by atoms with Crippen molar-refractivity contribution in [2.24, 2.45) is 4.99 Å². The lowest BCUT2D eigenvalue weighted by atomic mass is 9.77. The maximum Gasteiger partial charge on any atom is 0.228 e. The summed E-state index contributed by atoms with van der Waals surface area (Å²) in [4.78, 5) is 17.8. The Bertz CT molecular complexity index is 1000. The number of aryl methyl sites for hydroxylation is 2. The molecule has 27 heavy (non-hydrogen) atoms. The van der Waals surface area contributed by atoms with Crippen LogP contribution < -0.4 is 9.64 Å². The van der Waals surface area contributed by atoms with Crippen molar-refractivity contribution < 1.29 is 9.53 Å². The summed E-state index contributed by atoms with van der Waals surface area (Å²) in [6.45, 7) is 8.52. The topological polar surface area (TPSA) is 41.9 Å². The molecule has 0 amide bonds. The SMILES string of the molecule is Cc1ccc2c(c1)C(C)(C)C1(C=Nc3ccc(C)c(C=CC=O)c3O1)N2C. The molecule has 2 aliphatic rings. The van der Waals surface area contributed by atoms with Crippen LogP contribution in [0.25, 0.3) is 6.08 Å². The normalized spacial score (nSPS) is 22.0. The van der Waals surface area contributed by atoms with Crippen molar-refractivity contribution in [3.63, 3.8) is 0 Å². The molecule has 138 valence electrons. The highest BCUT2D eigenvalue weighted by atomic mass is 16.5. The van der Waals surface area contributed by atoms with E-state index in [4.69, 9.17) is 9.73 Å². The second-order valence-electron chi connectivity index (χ2n) is 7.90. The van der Waals surface area contributed by atoms with Crippen LogP contribution in [0.15, 0.2) is 41.4 Å². The monoisotopic (exact) mass is 360 g/mol. The summed E-state index contributed by atoms with van der Waals surface area (Å²) in [5.41, 5.74) is 5.32. The predicted octanol–water partition coefficient (Wildman–Crippen LogP) is 4.73. The van der Waals surface area contributed by atoms with Crippen molar-refractivity contribution in [3.05, 3.63) is 58.7 Å². The average molecular weight is 360 g/mol. The molecule has 0 saturated heterocycles. The van der Waals surface area contributed by atoms with E-state index in [2.05, 4.69) is 50.9 Å². The van der Waals surface area contributed by atoms with Crippen LogP contribution in [0.3, 0.4) is 0 Å². The molecule has 0 saturated carbocycles. The third-order valence-corrected chi connectivity index (χ3v) is 5.95. The highest BCUT2D eigenvalue weighted by molar-refractivity contribution is 5.90. The molecule has 1 unspecified atom stereocenters. The van der Waals surface area contributed by atoms with Gasteiger partial charge in [0.05, 0.1) is 11.6 Å². The second-order valence-corrected chi connectivity index (χ2v) is 7.90. The quantitative estimate of drug-likeness (QED) is 0.574. The van der Waals surface area contributed by atoms with E-state index >= 15 is 0 Å². The van der Waals surface area contributed by atoms with Gasteiger partial charge in [0.25, 0.3) is 0 Å². The standard InChI is InChI=1S/C23H24N2O2/c1-15-8-11-20-18(13-15)22(3,4)23(25(20)5)14-24-19-10-9-16(2)17(7-6-12-26)21(19)27-23/h6-14H,1-5H3. The number of anilines is 1. The smallest absolute Gasteiger partial charge is 0.228 e. The van der Waals surface area contributed by atoms with Crippen LogP contribution >= 0.6 is 0 Å². The molecule has 0 N–H and O–H groups in total. The fourth-order valence-electron chi connectivity index (χ4n) is 4.26. The Labute approximate surface area is 160 Å². The van der Waals surface area contributed by atoms with Gasteiger partial charge in [-0.1, -0.05) is 23.8 Å². The number of aldehydes is 1. The number of hydrogen-bond donors (Lipinski definition) is 0. The number of hydrogen-bond acceptors (Lipinski definition) is 4. The van der Waals surface area contributed by atoms with Gasteiger partial charge in [-0.05, 0) is 63.1 Å². The Morgan fingerprint density at radius 3 is 2.67 bits per heavy atom. The maximum absolute atomic E-state index is 10.9. The minimum atomic E-state index is -0.728. The summed E-state index contributed by atoms with van der Waals surface area (Å²) in [6.07, 6.45) is 6.01. The lowest BCUT2D eigenvalue weighted by molar-refractivity contribution is -0.104. The predicted molar refractivity (Wildman–Crippen MR) is 110 cm³/mol. The zero-order chi connectivity index (χ0) is 19.4. The van der Waals surface area contributed by atoms with Gasteiger partial charge >= 0.3 is 0 Å². The highest BCUT2D eigenvalue weighted by Crippen LogP contribution is 2.54. The summed E-state index contributed by atoms with van der Waals surface area (Å²) in [5, 5.41) is 0. The first-order valence-corrected chi connectivity index (χ1v) is 9.16. The van der Waals surface area contributed by atoms with Crippen molar-refractivity contribution in [2.45, 2.75) is 38.8 Å². The lowest BCUT2D eigenvalue weighted by Crippen LogP contribution is -2.61. The number of fused-ring (bicyclic) bond motifs is 2. The minimum Gasteiger partial charge on any atom is -0.459 e. The first kappa shape index (κ1) is 17.5. The molecule has 2 aromatic rings. The van der Waals surface area contributed by atoms with Gasteiger partial charge in [-0.2, -0.15) is 0 Å². The van der Waals surface area contributed by atoms with Gasteiger partial charge in [0.1, 0.15) is 12.0 Å². The van der Waals surface area contributed by atoms with Crippen LogP contribution in [0.4, 0.5) is 11.4 Å². The summed E-state index contributed by atoms with van der Waals surface area (Å²) >= 11 is 0. The Morgan fingerprint density at radius 1 is 1.15 bits per heavy atom. The number of benzene rings is 2. The average Bonchev–Trinajstić information content (AvgIpc) is 2.79. The lowest BCUT2D eigenvalue weighted by Gasteiger charge is -2.45. The third kappa shape index (κ3) is 2.29. The second kappa shape index (κ2) is 5.81. The maximum atomic E-state index is 10.9. The van der Waals surface area contributed by atoms with E-state index < -0.39 is 5.72 Å². The number of nitrogens with zero attached hydrogens (tertiary/aromatic N) is 2. The number of rotatable bonds is 2. The van der Waals surface area contributed by atoms with E-state index in [1.807, 2.05) is 25.3 Å². The van der Waals surface area contributed by atoms with Gasteiger partial charge in [-0.15, -0.1) is 0 Å². The molecule has 2 aliphatic heterocycles. The summed E-state index contributed by atoms with van der Waals surface area (Å²) < 4.78 is 6.75. The van der Waals surface area contributed by atoms with Crippen LogP contribution in [0.2, 0.25) is 0 Å². The number of allylic oxidation sites excluding steroid dienone is 1. The van der Waals surface area contributed by atoms with Crippen molar-refractivity contribution >= 4 is 30.0 Å². The zero-order valence-corrected chi connectivity index (χ0v) is 16.4. The summed E-state index contributed by atoms with van der Waals surface area (Å²) in [7, 11) is 2.05. The van der Waals surface area contributed by atoms with E-state index in [1.165, 1.54) is 17.2 Å². The molecule has 0 radical (unpaired) electrons. The highest BCUT2D eigenvalue weighted by Gasteiger charge is 2.58. The van der Waals surface area contributed by atoms with Crippen molar-refractivity contribution in [2.75, 3.05) is 11.9 Å². The molecule has 4 heteroatoms. The van der Waals surface area contributed by atoms with Crippen molar-refractivity contribution in [1.82, 2.24) is 0 Å². The first-order valence-electron chi connectivity index (χ1n) is 9.16. The Morgan fingerprint density at radius 2 is 1.93 bits per heavy atom. The van der Waals surface area contributed by atoms with Crippen LogP contribution in [0, 0.1) is 13.8 Å². The molecule has 0 aromatic heterocycles. The van der Waals surface area contributed by atoms with Gasteiger partial charge in [0, 0.05) is 18.3 Å². The molecular formula is C23H24N2O2. The van der Waals surface area contributed by atoms with Gasteiger partial charge in [0.2, 0.25) is 5.72 Å². The Kier molecular flexibility index (Phi) is 3.77. The fourth-order valence-corrected chi connectivity index (χ4v) is 4.26. The summed E-state index contributed by atoms with van der Waals surface area (Å²) in [6, 6.07) is 10.5. The molecule has 4 rings (SSSR count). The molecule has 4 nitrogen and oxygen atoms in total. The molecule has 0 bridgehead atoms. The minimum absolute atomic E-state index is 0.306. The summed E-state index contributed by atoms with van der Waals surface area (Å²) in [5.74, 6) is 0.722. The number of likely N-dealkylation sites (N-methyl/N-ethyl adjacent to an activating group) is 1. The zero-order valence-electron chi connectivity index (χ0n) is 16.4. The molecule has 2 aromatic carbocycles. The number of carbonyl (C=O) groups excluding carboxylic acids is 1. The molecule has 0 fully saturated rings. The molecule has 1 atom stereocenters. The van der Waals surface area contributed by atoms with Crippen LogP contribution in [0.1, 0.15) is 36.1 Å². The number of aliphatic imine (C=N–C) groups is 1. The Balaban J connectivity index is 1.91. The van der Waals surface area contributed by atoms with Crippen LogP contribution in [-0.4, -0.2) is 25.3 Å². The largest absolute Gasteiger partial charge is 0.459 e. The molecule has 0 aliphatic carbocycles. The van der Waals surface area contributed by atoms with E-state index in [1.54, 1.807) is 6.08 Å². The number of carbonyl (C=O) groups is 1. The molecule has 2 heterocycles. The first-order chi connectivity index (χ1) is 12.8. The van der Waals surface area contributed by atoms with Crippen molar-refractivity contribution in [3.8, 4) is 5.75 Å². The third-order valence-electron chi connectivity index (χ3n) is 5.95. The van der Waals surface area contributed by atoms with Crippen LogP contribution in [0.5, 0.6) is 5.75 Å². The van der Waals surface area contributed by atoms with E-state index in [9.17, 15) is 4.79 Å². The van der Waals surface area contributed by atoms with Crippen LogP contribution in [-0.2, 0) is 10.2 Å². The van der Waals surface area contributed by atoms with Gasteiger partial charge in [0.15, 0.2) is 5.75 Å². The molecular weight excluding hydrogens is 336 g/mol. The van der Waals surface area contributed by atoms with Gasteiger partial charge in [-0.3, -0.25) is 9.79 Å². The van der Waals surface area contributed by atoms with E-state index in [0.29, 0.717) is 0 Å². The van der Waals surface area contributed by atoms with Gasteiger partial charge in [-0.25, -0.2) is 0 Å². The van der Waals surface area contributed by atoms with Gasteiger partial charge < -0.3 is 9.64 Å². The van der Waals surface area contributed by atoms with Crippen molar-refractivity contribution in [1.29, 1.82) is 0 Å². The molecule has 1 spiro atoms. The van der Waals surface area contributed by atoms with E-state index in [0.717, 1.165) is 34.5 Å². The van der Waals surface area contributed by atoms with E-state index in [-0.39, 0.29) is 5.41 Å². The fraction of sp³-hybridized carbons (Fsp3) is 0.304. The Hall–Kier alpha value is -2.88. The number of ether oxygens (including phenoxy) is 1.